The van der Waals surface area contributed by atoms with Crippen molar-refractivity contribution < 1.29 is 0 Å². The van der Waals surface area contributed by atoms with Crippen molar-refractivity contribution >= 4 is 6.72 Å². The van der Waals surface area contributed by atoms with E-state index in [1.54, 1.807) is 7.05 Å². The Kier molecular flexibility index (Phi) is 21.0. The summed E-state index contributed by atoms with van der Waals surface area (Å²) in [7, 11) is 1.64. The van der Waals surface area contributed by atoms with E-state index in [9.17, 15) is 0 Å². The first-order valence-corrected chi connectivity index (χ1v) is 2.79. The lowest BCUT2D eigenvalue weighted by Gasteiger charge is -1.65. The molecule has 1 heteroatoms. The lowest BCUT2D eigenvalue weighted by molar-refractivity contribution is 1.22. The summed E-state index contributed by atoms with van der Waals surface area (Å²) in [6.45, 7) is 7.27. The Hall–Kier alpha value is -0.590. The fourth-order valence-electron chi connectivity index (χ4n) is 0.236. The Morgan fingerprint density at radius 3 is 2.00 bits per heavy atom. The quantitative estimate of drug-likeness (QED) is 0.365. The van der Waals surface area contributed by atoms with Crippen LogP contribution in [0.1, 0.15) is 20.3 Å². The fourth-order valence-corrected chi connectivity index (χ4v) is 0.236. The zero-order chi connectivity index (χ0) is 6.83. The van der Waals surface area contributed by atoms with Crippen LogP contribution < -0.4 is 0 Å². The van der Waals surface area contributed by atoms with Crippen LogP contribution >= 0.6 is 0 Å². The Morgan fingerprint density at radius 1 is 1.62 bits per heavy atom. The first-order valence-electron chi connectivity index (χ1n) is 2.79. The Morgan fingerprint density at radius 2 is 2.00 bits per heavy atom. The van der Waals surface area contributed by atoms with E-state index in [-0.39, 0.29) is 0 Å². The van der Waals surface area contributed by atoms with Crippen LogP contribution in [0.25, 0.3) is 0 Å². The molecule has 0 bridgehead atoms. The second-order valence-corrected chi connectivity index (χ2v) is 1.29. The van der Waals surface area contributed by atoms with Gasteiger partial charge >= 0.3 is 0 Å². The van der Waals surface area contributed by atoms with Gasteiger partial charge in [-0.1, -0.05) is 19.1 Å². The third kappa shape index (κ3) is 52.9. The summed E-state index contributed by atoms with van der Waals surface area (Å²) >= 11 is 0. The lowest BCUT2D eigenvalue weighted by Crippen LogP contribution is -1.43. The van der Waals surface area contributed by atoms with E-state index >= 15 is 0 Å². The van der Waals surface area contributed by atoms with Gasteiger partial charge in [0, 0.05) is 7.05 Å². The second kappa shape index (κ2) is 16.1. The van der Waals surface area contributed by atoms with Crippen molar-refractivity contribution in [2.24, 2.45) is 4.99 Å². The van der Waals surface area contributed by atoms with Gasteiger partial charge in [-0.25, -0.2) is 0 Å². The summed E-state index contributed by atoms with van der Waals surface area (Å²) in [5.41, 5.74) is 0. The van der Waals surface area contributed by atoms with Crippen LogP contribution in [0.15, 0.2) is 17.1 Å². The van der Waals surface area contributed by atoms with Gasteiger partial charge in [0.25, 0.3) is 0 Å². The number of hydrogen-bond donors (Lipinski definition) is 0. The van der Waals surface area contributed by atoms with Crippen molar-refractivity contribution in [1.29, 1.82) is 0 Å². The molecular formula is C7H15N. The minimum absolute atomic E-state index is 1.16. The van der Waals surface area contributed by atoms with Crippen molar-refractivity contribution in [3.05, 3.63) is 12.2 Å². The molecule has 0 fully saturated rings. The number of hydrogen-bond acceptors (Lipinski definition) is 1. The van der Waals surface area contributed by atoms with Gasteiger partial charge in [0.1, 0.15) is 0 Å². The van der Waals surface area contributed by atoms with E-state index in [0.29, 0.717) is 0 Å². The fraction of sp³-hybridized carbons (Fsp3) is 0.571. The van der Waals surface area contributed by atoms with Crippen LogP contribution in [0.4, 0.5) is 0 Å². The molecule has 0 amide bonds. The van der Waals surface area contributed by atoms with Gasteiger partial charge in [0.2, 0.25) is 0 Å². The Bertz CT molecular complexity index is 55.4. The van der Waals surface area contributed by atoms with Crippen LogP contribution in [-0.4, -0.2) is 13.8 Å². The molecule has 0 spiro atoms. The number of nitrogens with zero attached hydrogens (tertiary/aromatic N) is 1. The Balaban J connectivity index is 0. The molecule has 0 aromatic heterocycles. The summed E-state index contributed by atoms with van der Waals surface area (Å²) in [6.07, 6.45) is 5.34. The molecule has 48 valence electrons. The maximum atomic E-state index is 3.25. The van der Waals surface area contributed by atoms with E-state index in [4.69, 9.17) is 0 Å². The van der Waals surface area contributed by atoms with E-state index < -0.39 is 0 Å². The molecule has 0 atom stereocenters. The maximum absolute atomic E-state index is 3.25. The molecule has 0 aliphatic heterocycles. The van der Waals surface area contributed by atoms with Crippen LogP contribution in [0, 0.1) is 0 Å². The van der Waals surface area contributed by atoms with Crippen LogP contribution in [0.5, 0.6) is 0 Å². The molecule has 0 aromatic carbocycles. The van der Waals surface area contributed by atoms with E-state index in [1.807, 2.05) is 6.92 Å². The standard InChI is InChI=1S/C5H10.C2H5N/c1-3-5-4-2;1-3-2/h3,5H,4H2,1-2H3;1H2,2H3/b5-3-;. The highest BCUT2D eigenvalue weighted by atomic mass is 14.6. The summed E-state index contributed by atoms with van der Waals surface area (Å²) in [6, 6.07) is 0. The third-order valence-electron chi connectivity index (χ3n) is 0.471. The van der Waals surface area contributed by atoms with Gasteiger partial charge in [-0.3, -0.25) is 0 Å². The average Bonchev–Trinajstić information content (AvgIpc) is 1.71. The average molecular weight is 113 g/mol. The van der Waals surface area contributed by atoms with Gasteiger partial charge < -0.3 is 4.99 Å². The highest BCUT2D eigenvalue weighted by molar-refractivity contribution is 5.22. The molecule has 8 heavy (non-hydrogen) atoms. The molecule has 1 nitrogen and oxygen atoms in total. The largest absolute Gasteiger partial charge is 0.304 e. The highest BCUT2D eigenvalue weighted by Crippen LogP contribution is 1.73. The van der Waals surface area contributed by atoms with Crippen LogP contribution in [-0.2, 0) is 0 Å². The predicted octanol–water partition coefficient (Wildman–Crippen LogP) is 2.29. The third-order valence-corrected chi connectivity index (χ3v) is 0.471. The summed E-state index contributed by atoms with van der Waals surface area (Å²) in [5.74, 6) is 0. The van der Waals surface area contributed by atoms with Gasteiger partial charge in [0.15, 0.2) is 0 Å². The highest BCUT2D eigenvalue weighted by Gasteiger charge is 1.52. The lowest BCUT2D eigenvalue weighted by atomic mass is 10.4. The number of allylic oxidation sites excluding steroid dienone is 2. The first-order chi connectivity index (χ1) is 3.83. The van der Waals surface area contributed by atoms with Gasteiger partial charge in [0.05, 0.1) is 0 Å². The van der Waals surface area contributed by atoms with Gasteiger partial charge in [-0.15, -0.1) is 0 Å². The van der Waals surface area contributed by atoms with Crippen molar-refractivity contribution in [2.75, 3.05) is 7.05 Å². The number of aliphatic imine (C=N–C) groups is 1. The second-order valence-electron chi connectivity index (χ2n) is 1.29. The molecule has 0 rings (SSSR count). The molecule has 0 heterocycles. The summed E-state index contributed by atoms with van der Waals surface area (Å²) in [5, 5.41) is 0. The molecule has 0 radical (unpaired) electrons. The molecular weight excluding hydrogens is 98.1 g/mol. The first kappa shape index (κ1) is 10.4. The molecule has 0 saturated carbocycles. The van der Waals surface area contributed by atoms with Gasteiger partial charge in [-0.05, 0) is 20.1 Å². The predicted molar refractivity (Wildman–Crippen MR) is 40.6 cm³/mol. The van der Waals surface area contributed by atoms with Crippen molar-refractivity contribution in [3.8, 4) is 0 Å². The van der Waals surface area contributed by atoms with E-state index in [0.717, 1.165) is 6.42 Å². The Labute approximate surface area is 52.1 Å². The number of rotatable bonds is 1. The van der Waals surface area contributed by atoms with Crippen molar-refractivity contribution in [3.63, 3.8) is 0 Å². The molecule has 0 aromatic rings. The maximum Gasteiger partial charge on any atom is 0.0269 e. The van der Waals surface area contributed by atoms with Crippen molar-refractivity contribution in [2.45, 2.75) is 20.3 Å². The van der Waals surface area contributed by atoms with Crippen LogP contribution in [0.2, 0.25) is 0 Å². The molecule has 0 saturated heterocycles. The van der Waals surface area contributed by atoms with Gasteiger partial charge in [-0.2, -0.15) is 0 Å². The summed E-state index contributed by atoms with van der Waals surface area (Å²) < 4.78 is 0. The molecule has 0 aliphatic carbocycles. The molecule has 0 unspecified atom stereocenters. The minimum atomic E-state index is 1.16. The zero-order valence-electron chi connectivity index (χ0n) is 6.02. The van der Waals surface area contributed by atoms with E-state index in [1.165, 1.54) is 0 Å². The zero-order valence-corrected chi connectivity index (χ0v) is 6.02. The van der Waals surface area contributed by atoms with Crippen LogP contribution in [0.3, 0.4) is 0 Å². The van der Waals surface area contributed by atoms with Crippen molar-refractivity contribution in [1.82, 2.24) is 0 Å². The summed E-state index contributed by atoms with van der Waals surface area (Å²) in [4.78, 5) is 3.25. The minimum Gasteiger partial charge on any atom is -0.304 e. The SMILES string of the molecule is C/C=C\CC.C=NC. The monoisotopic (exact) mass is 113 g/mol. The molecule has 0 N–H and O–H groups in total. The van der Waals surface area contributed by atoms with E-state index in [2.05, 4.69) is 30.8 Å². The topological polar surface area (TPSA) is 12.4 Å². The normalized spacial score (nSPS) is 7.88. The molecule has 0 aliphatic rings. The smallest absolute Gasteiger partial charge is 0.0269 e.